The number of hydrogen-bond donors (Lipinski definition) is 0. The number of nitrogens with zero attached hydrogens (tertiary/aromatic N) is 1. The normalized spacial score (nSPS) is 13.0. The molecule has 8 aromatic carbocycles. The van der Waals surface area contributed by atoms with Gasteiger partial charge >= 0.3 is 0 Å². The first kappa shape index (κ1) is 28.3. The van der Waals surface area contributed by atoms with Crippen molar-refractivity contribution < 1.29 is 0 Å². The van der Waals surface area contributed by atoms with Crippen molar-refractivity contribution in [3.63, 3.8) is 0 Å². The smallest absolute Gasteiger partial charge is 0.0540 e. The molecule has 1 aliphatic carbocycles. The van der Waals surface area contributed by atoms with Gasteiger partial charge in [-0.05, 0) is 96.9 Å². The Morgan fingerprint density at radius 1 is 0.375 bits per heavy atom. The second-order valence-corrected chi connectivity index (χ2v) is 13.4. The minimum Gasteiger partial charge on any atom is -0.310 e. The Kier molecular flexibility index (Phi) is 6.55. The number of para-hydroxylation sites is 1. The van der Waals surface area contributed by atoms with Crippen molar-refractivity contribution in [2.24, 2.45) is 0 Å². The molecule has 0 N–H and O–H groups in total. The quantitative estimate of drug-likeness (QED) is 0.187. The van der Waals surface area contributed by atoms with Crippen LogP contribution in [0.2, 0.25) is 0 Å². The van der Waals surface area contributed by atoms with Crippen molar-refractivity contribution in [3.8, 4) is 33.4 Å². The Morgan fingerprint density at radius 2 is 1.00 bits per heavy atom. The van der Waals surface area contributed by atoms with E-state index in [1.165, 1.54) is 66.1 Å². The Balaban J connectivity index is 1.22. The average molecular weight is 614 g/mol. The molecule has 0 atom stereocenters. The molecule has 0 heterocycles. The first-order valence-electron chi connectivity index (χ1n) is 16.8. The van der Waals surface area contributed by atoms with E-state index < -0.39 is 0 Å². The molecule has 1 aliphatic rings. The number of rotatable bonds is 5. The van der Waals surface area contributed by atoms with Crippen LogP contribution in [0.25, 0.3) is 54.9 Å². The predicted molar refractivity (Wildman–Crippen MR) is 205 cm³/mol. The molecule has 48 heavy (non-hydrogen) atoms. The summed E-state index contributed by atoms with van der Waals surface area (Å²) in [5.74, 6) is 0. The molecule has 0 saturated carbocycles. The van der Waals surface area contributed by atoms with Crippen LogP contribution in [0.15, 0.2) is 176 Å². The Labute approximate surface area is 282 Å². The third-order valence-corrected chi connectivity index (χ3v) is 10.2. The predicted octanol–water partition coefficient (Wildman–Crippen LogP) is 13.1. The van der Waals surface area contributed by atoms with Crippen molar-refractivity contribution in [2.45, 2.75) is 19.3 Å². The van der Waals surface area contributed by atoms with Gasteiger partial charge in [0.1, 0.15) is 0 Å². The van der Waals surface area contributed by atoms with Crippen molar-refractivity contribution >= 4 is 38.6 Å². The highest BCUT2D eigenvalue weighted by Gasteiger charge is 2.35. The zero-order chi connectivity index (χ0) is 32.2. The third-order valence-electron chi connectivity index (χ3n) is 10.2. The summed E-state index contributed by atoms with van der Waals surface area (Å²) in [6.07, 6.45) is 0. The monoisotopic (exact) mass is 613 g/mol. The van der Waals surface area contributed by atoms with Crippen LogP contribution >= 0.6 is 0 Å². The Bertz CT molecular complexity index is 2480. The second kappa shape index (κ2) is 11.1. The zero-order valence-corrected chi connectivity index (χ0v) is 27.2. The molecular weight excluding hydrogens is 579 g/mol. The van der Waals surface area contributed by atoms with Crippen molar-refractivity contribution in [1.29, 1.82) is 0 Å². The summed E-state index contributed by atoms with van der Waals surface area (Å²) in [6.45, 7) is 4.69. The summed E-state index contributed by atoms with van der Waals surface area (Å²) in [4.78, 5) is 2.44. The summed E-state index contributed by atoms with van der Waals surface area (Å²) in [5, 5.41) is 4.98. The second-order valence-electron chi connectivity index (χ2n) is 13.4. The van der Waals surface area contributed by atoms with E-state index in [1.807, 2.05) is 0 Å². The van der Waals surface area contributed by atoms with E-state index in [-0.39, 0.29) is 5.41 Å². The van der Waals surface area contributed by atoms with Gasteiger partial charge in [0.25, 0.3) is 0 Å². The highest BCUT2D eigenvalue weighted by molar-refractivity contribution is 6.00. The zero-order valence-electron chi connectivity index (χ0n) is 27.2. The van der Waals surface area contributed by atoms with Crippen molar-refractivity contribution in [1.82, 2.24) is 0 Å². The molecule has 0 aliphatic heterocycles. The number of benzene rings is 8. The number of fused-ring (bicyclic) bond motifs is 5. The molecule has 9 rings (SSSR count). The van der Waals surface area contributed by atoms with Gasteiger partial charge in [-0.3, -0.25) is 0 Å². The van der Waals surface area contributed by atoms with Crippen molar-refractivity contribution in [3.05, 3.63) is 187 Å². The Hall–Kier alpha value is -5.92. The van der Waals surface area contributed by atoms with Crippen LogP contribution in [0.3, 0.4) is 0 Å². The molecule has 0 amide bonds. The largest absolute Gasteiger partial charge is 0.310 e. The third kappa shape index (κ3) is 4.54. The first-order valence-corrected chi connectivity index (χ1v) is 16.8. The summed E-state index contributed by atoms with van der Waals surface area (Å²) < 4.78 is 0. The van der Waals surface area contributed by atoms with Gasteiger partial charge in [-0.2, -0.15) is 0 Å². The van der Waals surface area contributed by atoms with Crippen molar-refractivity contribution in [2.75, 3.05) is 4.90 Å². The van der Waals surface area contributed by atoms with Crippen LogP contribution in [0, 0.1) is 0 Å². The summed E-state index contributed by atoms with van der Waals surface area (Å²) >= 11 is 0. The molecule has 1 nitrogen and oxygen atoms in total. The Morgan fingerprint density at radius 3 is 1.90 bits per heavy atom. The minimum absolute atomic E-state index is 0.0397. The van der Waals surface area contributed by atoms with E-state index >= 15 is 0 Å². The van der Waals surface area contributed by atoms with Crippen LogP contribution in [0.5, 0.6) is 0 Å². The van der Waals surface area contributed by atoms with E-state index in [1.54, 1.807) is 0 Å². The van der Waals surface area contributed by atoms with Crippen LogP contribution in [-0.4, -0.2) is 0 Å². The number of hydrogen-bond acceptors (Lipinski definition) is 1. The van der Waals surface area contributed by atoms with E-state index in [2.05, 4.69) is 195 Å². The van der Waals surface area contributed by atoms with E-state index in [9.17, 15) is 0 Å². The van der Waals surface area contributed by atoms with E-state index in [0.29, 0.717) is 0 Å². The van der Waals surface area contributed by atoms with Gasteiger partial charge in [0, 0.05) is 22.4 Å². The fourth-order valence-electron chi connectivity index (χ4n) is 7.82. The summed E-state index contributed by atoms with van der Waals surface area (Å²) in [7, 11) is 0. The van der Waals surface area contributed by atoms with Crippen LogP contribution in [-0.2, 0) is 5.41 Å². The first-order chi connectivity index (χ1) is 23.6. The van der Waals surface area contributed by atoms with Gasteiger partial charge in [0.2, 0.25) is 0 Å². The van der Waals surface area contributed by atoms with Gasteiger partial charge < -0.3 is 4.90 Å². The fourth-order valence-corrected chi connectivity index (χ4v) is 7.82. The topological polar surface area (TPSA) is 3.24 Å². The molecule has 0 unspecified atom stereocenters. The highest BCUT2D eigenvalue weighted by Crippen LogP contribution is 2.51. The van der Waals surface area contributed by atoms with Crippen LogP contribution in [0.4, 0.5) is 17.1 Å². The summed E-state index contributed by atoms with van der Waals surface area (Å²) in [5.41, 5.74) is 13.7. The summed E-state index contributed by atoms with van der Waals surface area (Å²) in [6, 6.07) is 64.4. The lowest BCUT2D eigenvalue weighted by Crippen LogP contribution is -2.15. The molecule has 0 radical (unpaired) electrons. The molecule has 0 saturated heterocycles. The van der Waals surface area contributed by atoms with Gasteiger partial charge in [0.15, 0.2) is 0 Å². The SMILES string of the molecule is CC1(C)c2ccccc2-c2cc(N(c3ccc4cc(-c5cccc6ccccc56)ccc4c3)c3ccccc3-c3ccccc3)ccc21. The van der Waals surface area contributed by atoms with Gasteiger partial charge in [-0.1, -0.05) is 153 Å². The van der Waals surface area contributed by atoms with E-state index in [0.717, 1.165) is 17.1 Å². The highest BCUT2D eigenvalue weighted by atomic mass is 15.1. The lowest BCUT2D eigenvalue weighted by atomic mass is 9.82. The molecule has 0 aromatic heterocycles. The maximum atomic E-state index is 2.44. The van der Waals surface area contributed by atoms with Gasteiger partial charge in [0.05, 0.1) is 5.69 Å². The molecular formula is C47H35N. The maximum Gasteiger partial charge on any atom is 0.0540 e. The molecule has 0 spiro atoms. The molecule has 0 bridgehead atoms. The lowest BCUT2D eigenvalue weighted by Gasteiger charge is -2.29. The van der Waals surface area contributed by atoms with E-state index in [4.69, 9.17) is 0 Å². The van der Waals surface area contributed by atoms with Gasteiger partial charge in [-0.25, -0.2) is 0 Å². The molecule has 0 fully saturated rings. The van der Waals surface area contributed by atoms with Crippen LogP contribution < -0.4 is 4.90 Å². The number of anilines is 3. The van der Waals surface area contributed by atoms with Crippen LogP contribution in [0.1, 0.15) is 25.0 Å². The fraction of sp³-hybridized carbons (Fsp3) is 0.0638. The van der Waals surface area contributed by atoms with Gasteiger partial charge in [-0.15, -0.1) is 0 Å². The molecule has 1 heteroatoms. The standard InChI is InChI=1S/C47H35N/c1-47(2)44-21-10-8-19-42(44)43-31-38(27-28-45(43)47)48(46-22-11-9-18-41(46)33-13-4-3-5-14-33)37-26-25-34-29-36(24-23-35(34)30-37)40-20-12-16-32-15-6-7-17-39(32)40/h3-31H,1-2H3. The molecule has 8 aromatic rings. The average Bonchev–Trinajstić information content (AvgIpc) is 3.37. The maximum absolute atomic E-state index is 2.44. The minimum atomic E-state index is -0.0397. The molecule has 228 valence electrons. The lowest BCUT2D eigenvalue weighted by molar-refractivity contribution is 0.660.